The van der Waals surface area contributed by atoms with Gasteiger partial charge in [-0.25, -0.2) is 0 Å². The third-order valence-corrected chi connectivity index (χ3v) is 4.18. The molecule has 1 aliphatic heterocycles. The average molecular weight is 308 g/mol. The molecule has 0 bridgehead atoms. The maximum atomic E-state index is 12.3. The van der Waals surface area contributed by atoms with Crippen molar-refractivity contribution in [3.8, 4) is 11.5 Å². The fourth-order valence-electron chi connectivity index (χ4n) is 2.47. The molecule has 114 valence electrons. The summed E-state index contributed by atoms with van der Waals surface area (Å²) in [4.78, 5) is 14.4. The van der Waals surface area contributed by atoms with Crippen molar-refractivity contribution in [1.29, 1.82) is 0 Å². The van der Waals surface area contributed by atoms with Gasteiger partial charge in [0.1, 0.15) is 0 Å². The summed E-state index contributed by atoms with van der Waals surface area (Å²) in [6.07, 6.45) is 0.783. The number of carbonyl (C=O) groups excluding carboxylic acids is 1. The number of nitrogens with zero attached hydrogens (tertiary/aromatic N) is 1. The molecule has 0 aliphatic carbocycles. The van der Waals surface area contributed by atoms with E-state index in [9.17, 15) is 4.79 Å². The third-order valence-electron chi connectivity index (χ3n) is 3.83. The summed E-state index contributed by atoms with van der Waals surface area (Å²) in [6, 6.07) is 3.91. The van der Waals surface area contributed by atoms with Gasteiger partial charge in [-0.15, -0.1) is 0 Å². The summed E-state index contributed by atoms with van der Waals surface area (Å²) < 4.78 is 10.6. The van der Waals surface area contributed by atoms with E-state index in [0.717, 1.165) is 12.0 Å². The standard InChI is InChI=1S/C15H20N2O3S/c1-9(14(16)21)15(18)17-5-4-10-6-12(19-2)13(20-3)7-11(10)8-17/h6-7,9H,4-5,8H2,1-3H3,(H2,16,21). The van der Waals surface area contributed by atoms with Gasteiger partial charge < -0.3 is 20.1 Å². The van der Waals surface area contributed by atoms with E-state index in [0.29, 0.717) is 24.6 Å². The lowest BCUT2D eigenvalue weighted by Crippen LogP contribution is -2.42. The Balaban J connectivity index is 2.24. The second-order valence-electron chi connectivity index (χ2n) is 5.11. The lowest BCUT2D eigenvalue weighted by molar-refractivity contribution is -0.133. The van der Waals surface area contributed by atoms with Gasteiger partial charge in [0, 0.05) is 13.1 Å². The number of carbonyl (C=O) groups is 1. The zero-order valence-corrected chi connectivity index (χ0v) is 13.3. The first kappa shape index (κ1) is 15.6. The molecule has 21 heavy (non-hydrogen) atoms. The number of hydrogen-bond acceptors (Lipinski definition) is 4. The Bertz CT molecular complexity index is 574. The summed E-state index contributed by atoms with van der Waals surface area (Å²) in [5.74, 6) is 0.935. The van der Waals surface area contributed by atoms with E-state index < -0.39 is 5.92 Å². The van der Waals surface area contributed by atoms with E-state index in [2.05, 4.69) is 0 Å². The van der Waals surface area contributed by atoms with E-state index >= 15 is 0 Å². The predicted molar refractivity (Wildman–Crippen MR) is 84.6 cm³/mol. The molecule has 1 aromatic rings. The van der Waals surface area contributed by atoms with Crippen LogP contribution in [-0.4, -0.2) is 36.6 Å². The first-order chi connectivity index (χ1) is 9.97. The SMILES string of the molecule is COc1cc2c(cc1OC)CN(C(=O)C(C)C(N)=S)CC2. The molecule has 0 saturated heterocycles. The number of fused-ring (bicyclic) bond motifs is 1. The summed E-state index contributed by atoms with van der Waals surface area (Å²) >= 11 is 4.91. The van der Waals surface area contributed by atoms with Crippen molar-refractivity contribution in [2.75, 3.05) is 20.8 Å². The number of ether oxygens (including phenoxy) is 2. The van der Waals surface area contributed by atoms with E-state index in [1.54, 1.807) is 26.0 Å². The van der Waals surface area contributed by atoms with Crippen LogP contribution < -0.4 is 15.2 Å². The fraction of sp³-hybridized carbons (Fsp3) is 0.467. The minimum Gasteiger partial charge on any atom is -0.493 e. The van der Waals surface area contributed by atoms with Gasteiger partial charge >= 0.3 is 0 Å². The minimum atomic E-state index is -0.429. The van der Waals surface area contributed by atoms with Crippen molar-refractivity contribution < 1.29 is 14.3 Å². The Kier molecular flexibility index (Phi) is 4.67. The topological polar surface area (TPSA) is 64.8 Å². The van der Waals surface area contributed by atoms with Crippen LogP contribution in [0.15, 0.2) is 12.1 Å². The Morgan fingerprint density at radius 1 is 1.29 bits per heavy atom. The highest BCUT2D eigenvalue weighted by molar-refractivity contribution is 7.80. The fourth-order valence-corrected chi connectivity index (χ4v) is 2.57. The molecular formula is C15H20N2O3S. The van der Waals surface area contributed by atoms with E-state index in [4.69, 9.17) is 27.4 Å². The smallest absolute Gasteiger partial charge is 0.232 e. The number of hydrogen-bond donors (Lipinski definition) is 1. The zero-order valence-electron chi connectivity index (χ0n) is 12.5. The highest BCUT2D eigenvalue weighted by atomic mass is 32.1. The average Bonchev–Trinajstić information content (AvgIpc) is 2.51. The zero-order chi connectivity index (χ0) is 15.6. The van der Waals surface area contributed by atoms with Crippen LogP contribution >= 0.6 is 12.2 Å². The van der Waals surface area contributed by atoms with Gasteiger partial charge in [-0.1, -0.05) is 12.2 Å². The Morgan fingerprint density at radius 2 is 1.86 bits per heavy atom. The highest BCUT2D eigenvalue weighted by Crippen LogP contribution is 2.33. The van der Waals surface area contributed by atoms with Crippen molar-refractivity contribution in [3.05, 3.63) is 23.3 Å². The van der Waals surface area contributed by atoms with Crippen molar-refractivity contribution in [3.63, 3.8) is 0 Å². The third kappa shape index (κ3) is 3.10. The first-order valence-corrected chi connectivity index (χ1v) is 7.20. The van der Waals surface area contributed by atoms with E-state index in [1.807, 2.05) is 12.1 Å². The van der Waals surface area contributed by atoms with Crippen LogP contribution in [0.1, 0.15) is 18.1 Å². The van der Waals surface area contributed by atoms with Crippen molar-refractivity contribution >= 4 is 23.1 Å². The Morgan fingerprint density at radius 3 is 2.38 bits per heavy atom. The lowest BCUT2D eigenvalue weighted by Gasteiger charge is -2.31. The van der Waals surface area contributed by atoms with Gasteiger partial charge in [0.25, 0.3) is 0 Å². The number of benzene rings is 1. The number of amides is 1. The maximum Gasteiger partial charge on any atom is 0.232 e. The van der Waals surface area contributed by atoms with E-state index in [1.165, 1.54) is 5.56 Å². The molecule has 0 radical (unpaired) electrons. The molecule has 0 saturated carbocycles. The van der Waals surface area contributed by atoms with Crippen molar-refractivity contribution in [2.24, 2.45) is 11.7 Å². The van der Waals surface area contributed by atoms with Gasteiger partial charge in [-0.3, -0.25) is 4.79 Å². The number of thiocarbonyl (C=S) groups is 1. The van der Waals surface area contributed by atoms with Crippen LogP contribution in [0.25, 0.3) is 0 Å². The molecule has 1 unspecified atom stereocenters. The van der Waals surface area contributed by atoms with E-state index in [-0.39, 0.29) is 10.9 Å². The monoisotopic (exact) mass is 308 g/mol. The molecule has 0 spiro atoms. The highest BCUT2D eigenvalue weighted by Gasteiger charge is 2.27. The summed E-state index contributed by atoms with van der Waals surface area (Å²) in [6.45, 7) is 2.95. The molecule has 6 heteroatoms. The summed E-state index contributed by atoms with van der Waals surface area (Å²) in [5, 5.41) is 0. The second-order valence-corrected chi connectivity index (χ2v) is 5.58. The molecule has 1 aromatic carbocycles. The largest absolute Gasteiger partial charge is 0.493 e. The quantitative estimate of drug-likeness (QED) is 0.854. The van der Waals surface area contributed by atoms with Gasteiger partial charge in [0.15, 0.2) is 11.5 Å². The van der Waals surface area contributed by atoms with Gasteiger partial charge in [-0.05, 0) is 36.6 Å². The molecule has 5 nitrogen and oxygen atoms in total. The normalized spacial score (nSPS) is 15.1. The van der Waals surface area contributed by atoms with Crippen LogP contribution in [-0.2, 0) is 17.8 Å². The van der Waals surface area contributed by atoms with Crippen LogP contribution in [0.4, 0.5) is 0 Å². The van der Waals surface area contributed by atoms with Crippen molar-refractivity contribution in [1.82, 2.24) is 4.90 Å². The lowest BCUT2D eigenvalue weighted by atomic mass is 9.97. The Hall–Kier alpha value is -1.82. The molecular weight excluding hydrogens is 288 g/mol. The number of rotatable bonds is 4. The van der Waals surface area contributed by atoms with Crippen LogP contribution in [0.5, 0.6) is 11.5 Å². The van der Waals surface area contributed by atoms with Crippen LogP contribution in [0.2, 0.25) is 0 Å². The minimum absolute atomic E-state index is 0.0251. The maximum absolute atomic E-state index is 12.3. The van der Waals surface area contributed by atoms with Crippen LogP contribution in [0, 0.1) is 5.92 Å². The molecule has 1 heterocycles. The first-order valence-electron chi connectivity index (χ1n) is 6.79. The second kappa shape index (κ2) is 6.30. The molecule has 2 N–H and O–H groups in total. The summed E-state index contributed by atoms with van der Waals surface area (Å²) in [7, 11) is 3.22. The van der Waals surface area contributed by atoms with Crippen molar-refractivity contribution in [2.45, 2.75) is 19.9 Å². The Labute approximate surface area is 130 Å². The summed E-state index contributed by atoms with van der Waals surface area (Å²) in [5.41, 5.74) is 7.82. The molecule has 2 rings (SSSR count). The number of methoxy groups -OCH3 is 2. The molecule has 0 fully saturated rings. The predicted octanol–water partition coefficient (Wildman–Crippen LogP) is 1.51. The van der Waals surface area contributed by atoms with Gasteiger partial charge in [0.05, 0.1) is 25.1 Å². The molecule has 1 atom stereocenters. The molecule has 1 amide bonds. The molecule has 0 aromatic heterocycles. The van der Waals surface area contributed by atoms with Crippen LogP contribution in [0.3, 0.4) is 0 Å². The van der Waals surface area contributed by atoms with Gasteiger partial charge in [-0.2, -0.15) is 0 Å². The molecule has 1 aliphatic rings. The number of nitrogens with two attached hydrogens (primary N) is 1. The van der Waals surface area contributed by atoms with Gasteiger partial charge in [0.2, 0.25) is 5.91 Å².